The van der Waals surface area contributed by atoms with E-state index in [1.807, 2.05) is 0 Å². The number of rotatable bonds is 5. The highest BCUT2D eigenvalue weighted by Gasteiger charge is 2.19. The molecule has 0 aliphatic rings. The maximum Gasteiger partial charge on any atom is 0.146 e. The first kappa shape index (κ1) is 10.1. The summed E-state index contributed by atoms with van der Waals surface area (Å²) in [5, 5.41) is 0. The van der Waals surface area contributed by atoms with Crippen molar-refractivity contribution < 1.29 is 9.59 Å². The third-order valence-electron chi connectivity index (χ3n) is 1.63. The van der Waals surface area contributed by atoms with Crippen LogP contribution in [0.5, 0.6) is 0 Å². The Morgan fingerprint density at radius 2 is 1.64 bits per heavy atom. The standard InChI is InChI=1S/C9H14O2/c1-4-7(8(10)5-2)9(11)6-3/h4,7H,1,5-6H2,2-3H3. The van der Waals surface area contributed by atoms with E-state index in [2.05, 4.69) is 6.58 Å². The van der Waals surface area contributed by atoms with Gasteiger partial charge in [0.05, 0.1) is 5.92 Å². The molecule has 62 valence electrons. The molecule has 11 heavy (non-hydrogen) atoms. The second-order valence-electron chi connectivity index (χ2n) is 2.35. The van der Waals surface area contributed by atoms with Crippen LogP contribution in [-0.4, -0.2) is 11.6 Å². The van der Waals surface area contributed by atoms with E-state index in [9.17, 15) is 9.59 Å². The van der Waals surface area contributed by atoms with Gasteiger partial charge in [0, 0.05) is 12.8 Å². The third-order valence-corrected chi connectivity index (χ3v) is 1.63. The predicted octanol–water partition coefficient (Wildman–Crippen LogP) is 1.75. The summed E-state index contributed by atoms with van der Waals surface area (Å²) < 4.78 is 0. The zero-order valence-electron chi connectivity index (χ0n) is 7.09. The quantitative estimate of drug-likeness (QED) is 0.446. The van der Waals surface area contributed by atoms with Gasteiger partial charge in [0.15, 0.2) is 0 Å². The lowest BCUT2D eigenvalue weighted by Gasteiger charge is -2.05. The Bertz CT molecular complexity index is 154. The van der Waals surface area contributed by atoms with Crippen LogP contribution in [-0.2, 0) is 9.59 Å². The maximum absolute atomic E-state index is 11.1. The Morgan fingerprint density at radius 3 is 1.82 bits per heavy atom. The number of carbonyl (C=O) groups excluding carboxylic acids is 2. The van der Waals surface area contributed by atoms with Gasteiger partial charge in [-0.15, -0.1) is 6.58 Å². The highest BCUT2D eigenvalue weighted by atomic mass is 16.1. The van der Waals surface area contributed by atoms with E-state index in [4.69, 9.17) is 0 Å². The number of hydrogen-bond acceptors (Lipinski definition) is 2. The van der Waals surface area contributed by atoms with Gasteiger partial charge < -0.3 is 0 Å². The van der Waals surface area contributed by atoms with Gasteiger partial charge in [-0.1, -0.05) is 19.9 Å². The normalized spacial score (nSPS) is 9.73. The SMILES string of the molecule is C=CC(C(=O)CC)C(=O)CC. The molecule has 0 N–H and O–H groups in total. The van der Waals surface area contributed by atoms with E-state index >= 15 is 0 Å². The molecular formula is C9H14O2. The molecule has 0 aromatic heterocycles. The Morgan fingerprint density at radius 1 is 1.27 bits per heavy atom. The van der Waals surface area contributed by atoms with Crippen LogP contribution in [0.1, 0.15) is 26.7 Å². The molecule has 0 heterocycles. The molecule has 0 radical (unpaired) electrons. The molecule has 0 amide bonds. The highest BCUT2D eigenvalue weighted by Crippen LogP contribution is 2.06. The van der Waals surface area contributed by atoms with Gasteiger partial charge in [0.2, 0.25) is 0 Å². The lowest BCUT2D eigenvalue weighted by molar-refractivity contribution is -0.130. The number of ketones is 2. The van der Waals surface area contributed by atoms with Gasteiger partial charge in [0.1, 0.15) is 11.6 Å². The summed E-state index contributed by atoms with van der Waals surface area (Å²) >= 11 is 0. The van der Waals surface area contributed by atoms with E-state index in [0.717, 1.165) is 0 Å². The summed E-state index contributed by atoms with van der Waals surface area (Å²) in [4.78, 5) is 22.1. The first-order valence-electron chi connectivity index (χ1n) is 3.85. The molecule has 2 nitrogen and oxygen atoms in total. The number of carbonyl (C=O) groups is 2. The lowest BCUT2D eigenvalue weighted by atomic mass is 9.96. The monoisotopic (exact) mass is 154 g/mol. The van der Waals surface area contributed by atoms with Crippen LogP contribution in [0.2, 0.25) is 0 Å². The fourth-order valence-electron chi connectivity index (χ4n) is 0.882. The molecule has 0 aromatic rings. The van der Waals surface area contributed by atoms with Gasteiger partial charge >= 0.3 is 0 Å². The van der Waals surface area contributed by atoms with Crippen LogP contribution in [0.15, 0.2) is 12.7 Å². The second kappa shape index (κ2) is 4.83. The number of Topliss-reactive ketones (excluding diaryl/α,β-unsaturated/α-hetero) is 2. The van der Waals surface area contributed by atoms with E-state index in [-0.39, 0.29) is 11.6 Å². The summed E-state index contributed by atoms with van der Waals surface area (Å²) in [6.07, 6.45) is 2.24. The van der Waals surface area contributed by atoms with Crippen molar-refractivity contribution in [1.82, 2.24) is 0 Å². The molecule has 0 atom stereocenters. The van der Waals surface area contributed by atoms with Crippen LogP contribution < -0.4 is 0 Å². The van der Waals surface area contributed by atoms with Gasteiger partial charge in [-0.3, -0.25) is 9.59 Å². The largest absolute Gasteiger partial charge is 0.299 e. The minimum Gasteiger partial charge on any atom is -0.299 e. The van der Waals surface area contributed by atoms with Crippen molar-refractivity contribution in [3.63, 3.8) is 0 Å². The molecule has 0 saturated heterocycles. The smallest absolute Gasteiger partial charge is 0.146 e. The predicted molar refractivity (Wildman–Crippen MR) is 44.3 cm³/mol. The van der Waals surface area contributed by atoms with Crippen LogP contribution >= 0.6 is 0 Å². The van der Waals surface area contributed by atoms with Crippen LogP contribution in [0, 0.1) is 5.92 Å². The highest BCUT2D eigenvalue weighted by molar-refractivity contribution is 6.03. The fraction of sp³-hybridized carbons (Fsp3) is 0.556. The van der Waals surface area contributed by atoms with Gasteiger partial charge in [0.25, 0.3) is 0 Å². The molecule has 0 bridgehead atoms. The minimum absolute atomic E-state index is 0.0353. The zero-order chi connectivity index (χ0) is 8.85. The van der Waals surface area contributed by atoms with Crippen LogP contribution in [0.3, 0.4) is 0 Å². The van der Waals surface area contributed by atoms with E-state index in [1.54, 1.807) is 13.8 Å². The van der Waals surface area contributed by atoms with Crippen molar-refractivity contribution in [3.05, 3.63) is 12.7 Å². The number of allylic oxidation sites excluding steroid dienone is 1. The third kappa shape index (κ3) is 2.66. The van der Waals surface area contributed by atoms with E-state index < -0.39 is 5.92 Å². The van der Waals surface area contributed by atoms with Crippen molar-refractivity contribution in [2.24, 2.45) is 5.92 Å². The first-order chi connectivity index (χ1) is 5.17. The molecule has 0 aliphatic carbocycles. The van der Waals surface area contributed by atoms with Gasteiger partial charge in [-0.25, -0.2) is 0 Å². The average Bonchev–Trinajstić information content (AvgIpc) is 2.05. The van der Waals surface area contributed by atoms with Crippen LogP contribution in [0.4, 0.5) is 0 Å². The molecule has 0 aliphatic heterocycles. The zero-order valence-corrected chi connectivity index (χ0v) is 7.09. The Balaban J connectivity index is 4.27. The van der Waals surface area contributed by atoms with Crippen molar-refractivity contribution in [2.45, 2.75) is 26.7 Å². The molecule has 2 heteroatoms. The van der Waals surface area contributed by atoms with Crippen molar-refractivity contribution in [3.8, 4) is 0 Å². The molecule has 0 unspecified atom stereocenters. The summed E-state index contributed by atoms with van der Waals surface area (Å²) in [6.45, 7) is 6.96. The van der Waals surface area contributed by atoms with Crippen molar-refractivity contribution in [2.75, 3.05) is 0 Å². The topological polar surface area (TPSA) is 34.1 Å². The Hall–Kier alpha value is -0.920. The Kier molecular flexibility index (Phi) is 4.42. The number of hydrogen-bond donors (Lipinski definition) is 0. The maximum atomic E-state index is 11.1. The average molecular weight is 154 g/mol. The van der Waals surface area contributed by atoms with E-state index in [1.165, 1.54) is 6.08 Å². The molecule has 0 saturated carbocycles. The second-order valence-corrected chi connectivity index (χ2v) is 2.35. The van der Waals surface area contributed by atoms with Gasteiger partial charge in [-0.05, 0) is 0 Å². The summed E-state index contributed by atoms with van der Waals surface area (Å²) in [5.41, 5.74) is 0. The molecular weight excluding hydrogens is 140 g/mol. The van der Waals surface area contributed by atoms with Gasteiger partial charge in [-0.2, -0.15) is 0 Å². The van der Waals surface area contributed by atoms with Crippen LogP contribution in [0.25, 0.3) is 0 Å². The summed E-state index contributed by atoms with van der Waals surface area (Å²) in [6, 6.07) is 0. The molecule has 0 fully saturated rings. The molecule has 0 spiro atoms. The van der Waals surface area contributed by atoms with Crippen molar-refractivity contribution in [1.29, 1.82) is 0 Å². The lowest BCUT2D eigenvalue weighted by Crippen LogP contribution is -2.20. The van der Waals surface area contributed by atoms with E-state index in [0.29, 0.717) is 12.8 Å². The summed E-state index contributed by atoms with van der Waals surface area (Å²) in [5.74, 6) is -0.635. The summed E-state index contributed by atoms with van der Waals surface area (Å²) in [7, 11) is 0. The molecule has 0 rings (SSSR count). The molecule has 0 aromatic carbocycles. The van der Waals surface area contributed by atoms with Crippen molar-refractivity contribution >= 4 is 11.6 Å². The minimum atomic E-state index is -0.565. The first-order valence-corrected chi connectivity index (χ1v) is 3.85. The fourth-order valence-corrected chi connectivity index (χ4v) is 0.882. The Labute approximate surface area is 67.3 Å².